The number of carbonyl (C=O) groups excluding carboxylic acids is 2. The molecular weight excluding hydrogens is 248 g/mol. The molecule has 6 nitrogen and oxygen atoms in total. The van der Waals surface area contributed by atoms with Crippen LogP contribution in [0.4, 0.5) is 0 Å². The van der Waals surface area contributed by atoms with Gasteiger partial charge in [-0.2, -0.15) is 0 Å². The van der Waals surface area contributed by atoms with Crippen molar-refractivity contribution in [3.63, 3.8) is 0 Å². The number of amides is 2. The zero-order valence-electron chi connectivity index (χ0n) is 11.4. The number of carbonyl (C=O) groups is 3. The number of nitrogens with one attached hydrogen (secondary N) is 1. The highest BCUT2D eigenvalue weighted by molar-refractivity contribution is 5.86. The topological polar surface area (TPSA) is 109 Å². The van der Waals surface area contributed by atoms with Gasteiger partial charge in [0.2, 0.25) is 11.8 Å². The molecule has 0 aromatic carbocycles. The average molecular weight is 270 g/mol. The highest BCUT2D eigenvalue weighted by atomic mass is 16.4. The van der Waals surface area contributed by atoms with Crippen molar-refractivity contribution in [2.75, 3.05) is 6.54 Å². The quantitative estimate of drug-likeness (QED) is 0.676. The first-order valence-corrected chi connectivity index (χ1v) is 6.56. The Morgan fingerprint density at radius 2 is 1.74 bits per heavy atom. The predicted molar refractivity (Wildman–Crippen MR) is 69.1 cm³/mol. The van der Waals surface area contributed by atoms with Crippen LogP contribution in [0, 0.1) is 17.3 Å². The molecule has 108 valence electrons. The third-order valence-electron chi connectivity index (χ3n) is 3.79. The minimum atomic E-state index is -0.922. The Hall–Kier alpha value is -1.59. The molecule has 0 aromatic heterocycles. The molecule has 2 unspecified atom stereocenters. The van der Waals surface area contributed by atoms with Gasteiger partial charge in [0.25, 0.3) is 0 Å². The first-order valence-electron chi connectivity index (χ1n) is 6.56. The van der Waals surface area contributed by atoms with Crippen molar-refractivity contribution in [3.8, 4) is 0 Å². The number of rotatable bonds is 5. The van der Waals surface area contributed by atoms with E-state index in [4.69, 9.17) is 10.8 Å². The van der Waals surface area contributed by atoms with Crippen molar-refractivity contribution in [1.29, 1.82) is 0 Å². The van der Waals surface area contributed by atoms with Crippen molar-refractivity contribution in [2.45, 2.75) is 39.5 Å². The Morgan fingerprint density at radius 1 is 1.21 bits per heavy atom. The third kappa shape index (κ3) is 3.94. The Morgan fingerprint density at radius 3 is 2.21 bits per heavy atom. The van der Waals surface area contributed by atoms with E-state index in [-0.39, 0.29) is 12.5 Å². The van der Waals surface area contributed by atoms with Crippen LogP contribution in [0.25, 0.3) is 0 Å². The monoisotopic (exact) mass is 270 g/mol. The van der Waals surface area contributed by atoms with Crippen LogP contribution < -0.4 is 11.1 Å². The number of nitrogens with two attached hydrogens (primary N) is 1. The molecule has 1 fully saturated rings. The van der Waals surface area contributed by atoms with Gasteiger partial charge >= 0.3 is 5.97 Å². The minimum absolute atomic E-state index is 0.129. The maximum atomic E-state index is 12.1. The second-order valence-corrected chi connectivity index (χ2v) is 5.80. The molecule has 0 heterocycles. The van der Waals surface area contributed by atoms with Gasteiger partial charge in [0.1, 0.15) is 0 Å². The molecule has 0 radical (unpaired) electrons. The van der Waals surface area contributed by atoms with E-state index in [9.17, 15) is 14.4 Å². The molecule has 0 aliphatic heterocycles. The summed E-state index contributed by atoms with van der Waals surface area (Å²) in [7, 11) is 0. The highest BCUT2D eigenvalue weighted by Gasteiger charge is 2.36. The summed E-state index contributed by atoms with van der Waals surface area (Å²) in [6, 6.07) is 0. The Kier molecular flexibility index (Phi) is 4.91. The molecule has 1 aliphatic rings. The number of hydrogen-bond donors (Lipinski definition) is 3. The molecule has 0 aromatic rings. The summed E-state index contributed by atoms with van der Waals surface area (Å²) in [5.74, 6) is -2.83. The van der Waals surface area contributed by atoms with Crippen LogP contribution in [0.15, 0.2) is 0 Å². The fourth-order valence-electron chi connectivity index (χ4n) is 2.27. The fraction of sp³-hybridized carbons (Fsp3) is 0.769. The molecule has 6 heteroatoms. The van der Waals surface area contributed by atoms with Gasteiger partial charge in [-0.25, -0.2) is 0 Å². The number of carboxylic acid groups (broad SMARTS) is 1. The Bertz CT molecular complexity index is 379. The van der Waals surface area contributed by atoms with E-state index in [0.717, 1.165) is 12.8 Å². The second-order valence-electron chi connectivity index (χ2n) is 5.80. The standard InChI is InChI=1S/C13H22N2O4/c1-13(2,12(14)19)7-15-10(16)8-5-3-4-6-9(8)11(17)18/h8-9H,3-7H2,1-2H3,(H2,14,19)(H,15,16)(H,17,18). The molecule has 0 bridgehead atoms. The van der Waals surface area contributed by atoms with E-state index >= 15 is 0 Å². The molecule has 1 saturated carbocycles. The van der Waals surface area contributed by atoms with Crippen LogP contribution in [0.1, 0.15) is 39.5 Å². The van der Waals surface area contributed by atoms with E-state index in [1.807, 2.05) is 0 Å². The smallest absolute Gasteiger partial charge is 0.307 e. The van der Waals surface area contributed by atoms with Crippen molar-refractivity contribution in [2.24, 2.45) is 23.0 Å². The highest BCUT2D eigenvalue weighted by Crippen LogP contribution is 2.30. The lowest BCUT2D eigenvalue weighted by Gasteiger charge is -2.29. The fourth-order valence-corrected chi connectivity index (χ4v) is 2.27. The minimum Gasteiger partial charge on any atom is -0.481 e. The van der Waals surface area contributed by atoms with Gasteiger partial charge in [-0.05, 0) is 26.7 Å². The molecule has 0 spiro atoms. The van der Waals surface area contributed by atoms with Crippen LogP contribution in [-0.2, 0) is 14.4 Å². The Labute approximate surface area is 112 Å². The van der Waals surface area contributed by atoms with E-state index in [0.29, 0.717) is 12.8 Å². The van der Waals surface area contributed by atoms with E-state index in [1.165, 1.54) is 0 Å². The zero-order chi connectivity index (χ0) is 14.6. The third-order valence-corrected chi connectivity index (χ3v) is 3.79. The van der Waals surface area contributed by atoms with Gasteiger partial charge in [0.15, 0.2) is 0 Å². The van der Waals surface area contributed by atoms with Gasteiger partial charge in [-0.1, -0.05) is 12.8 Å². The average Bonchev–Trinajstić information content (AvgIpc) is 2.35. The van der Waals surface area contributed by atoms with Gasteiger partial charge in [0.05, 0.1) is 17.3 Å². The summed E-state index contributed by atoms with van der Waals surface area (Å²) in [6.45, 7) is 3.42. The summed E-state index contributed by atoms with van der Waals surface area (Å²) in [5.41, 5.74) is 4.40. The van der Waals surface area contributed by atoms with Crippen molar-refractivity contribution >= 4 is 17.8 Å². The Balaban J connectivity index is 2.61. The largest absolute Gasteiger partial charge is 0.481 e. The van der Waals surface area contributed by atoms with Crippen LogP contribution >= 0.6 is 0 Å². The summed E-state index contributed by atoms with van der Waals surface area (Å²) in [5, 5.41) is 11.8. The normalized spacial score (nSPS) is 23.7. The lowest BCUT2D eigenvalue weighted by atomic mass is 9.78. The first kappa shape index (κ1) is 15.5. The molecule has 2 amide bonds. The van der Waals surface area contributed by atoms with Crippen LogP contribution in [-0.4, -0.2) is 29.4 Å². The molecule has 1 rings (SSSR count). The van der Waals surface area contributed by atoms with Crippen molar-refractivity contribution in [3.05, 3.63) is 0 Å². The zero-order valence-corrected chi connectivity index (χ0v) is 11.4. The maximum absolute atomic E-state index is 12.1. The summed E-state index contributed by atoms with van der Waals surface area (Å²) < 4.78 is 0. The van der Waals surface area contributed by atoms with Crippen LogP contribution in [0.2, 0.25) is 0 Å². The summed E-state index contributed by atoms with van der Waals surface area (Å²) in [6.07, 6.45) is 2.82. The molecule has 2 atom stereocenters. The van der Waals surface area contributed by atoms with Gasteiger partial charge in [-0.3, -0.25) is 14.4 Å². The van der Waals surface area contributed by atoms with Gasteiger partial charge in [-0.15, -0.1) is 0 Å². The lowest BCUT2D eigenvalue weighted by Crippen LogP contribution is -2.46. The maximum Gasteiger partial charge on any atom is 0.307 e. The number of hydrogen-bond acceptors (Lipinski definition) is 3. The lowest BCUT2D eigenvalue weighted by molar-refractivity contribution is -0.149. The van der Waals surface area contributed by atoms with Gasteiger partial charge in [0, 0.05) is 6.54 Å². The van der Waals surface area contributed by atoms with E-state index in [2.05, 4.69) is 5.32 Å². The predicted octanol–water partition coefficient (Wildman–Crippen LogP) is 0.505. The number of primary amides is 1. The molecule has 19 heavy (non-hydrogen) atoms. The molecule has 0 saturated heterocycles. The first-order chi connectivity index (χ1) is 8.75. The molecule has 1 aliphatic carbocycles. The van der Waals surface area contributed by atoms with E-state index in [1.54, 1.807) is 13.8 Å². The second kappa shape index (κ2) is 6.04. The van der Waals surface area contributed by atoms with E-state index < -0.39 is 29.1 Å². The molecular formula is C13H22N2O4. The SMILES string of the molecule is CC(C)(CNC(=O)C1CCCCC1C(=O)O)C(N)=O. The van der Waals surface area contributed by atoms with Gasteiger partial charge < -0.3 is 16.2 Å². The van der Waals surface area contributed by atoms with Crippen LogP contribution in [0.3, 0.4) is 0 Å². The van der Waals surface area contributed by atoms with Crippen molar-refractivity contribution < 1.29 is 19.5 Å². The number of aliphatic carboxylic acids is 1. The number of carboxylic acids is 1. The van der Waals surface area contributed by atoms with Crippen LogP contribution in [0.5, 0.6) is 0 Å². The van der Waals surface area contributed by atoms with Crippen molar-refractivity contribution in [1.82, 2.24) is 5.32 Å². The molecule has 4 N–H and O–H groups in total. The summed E-state index contributed by atoms with van der Waals surface area (Å²) >= 11 is 0. The summed E-state index contributed by atoms with van der Waals surface area (Å²) in [4.78, 5) is 34.3.